The Bertz CT molecular complexity index is 1110. The highest BCUT2D eigenvalue weighted by Crippen LogP contribution is 2.38. The van der Waals surface area contributed by atoms with Gasteiger partial charge in [0.25, 0.3) is 5.91 Å². The Hall–Kier alpha value is -2.75. The number of amides is 1. The summed E-state index contributed by atoms with van der Waals surface area (Å²) in [7, 11) is 0. The number of carbonyl (C=O) groups is 1. The van der Waals surface area contributed by atoms with Gasteiger partial charge < -0.3 is 9.64 Å². The minimum absolute atomic E-state index is 0.00393. The molecule has 0 aliphatic carbocycles. The van der Waals surface area contributed by atoms with Crippen LogP contribution in [0.3, 0.4) is 0 Å². The number of ether oxygens (including phenoxy) is 1. The maximum Gasteiger partial charge on any atom is 0.258 e. The smallest absolute Gasteiger partial charge is 0.258 e. The zero-order valence-electron chi connectivity index (χ0n) is 15.9. The molecule has 0 unspecified atom stereocenters. The van der Waals surface area contributed by atoms with E-state index in [-0.39, 0.29) is 5.91 Å². The number of halogens is 2. The van der Waals surface area contributed by atoms with Crippen LogP contribution in [0.4, 0.5) is 5.69 Å². The van der Waals surface area contributed by atoms with Gasteiger partial charge in [0.2, 0.25) is 0 Å². The van der Waals surface area contributed by atoms with Crippen molar-refractivity contribution in [2.75, 3.05) is 11.4 Å². The lowest BCUT2D eigenvalue weighted by Gasteiger charge is -2.13. The van der Waals surface area contributed by atoms with Crippen LogP contribution in [-0.2, 0) is 11.4 Å². The fourth-order valence-electron chi connectivity index (χ4n) is 3.44. The first kappa shape index (κ1) is 19.6. The van der Waals surface area contributed by atoms with E-state index < -0.39 is 0 Å². The van der Waals surface area contributed by atoms with Gasteiger partial charge in [0.15, 0.2) is 0 Å². The molecule has 5 heteroatoms. The maximum atomic E-state index is 13.0. The van der Waals surface area contributed by atoms with Gasteiger partial charge >= 0.3 is 0 Å². The normalized spacial score (nSPS) is 14.4. The lowest BCUT2D eigenvalue weighted by atomic mass is 10.0. The number of benzene rings is 3. The number of rotatable bonds is 5. The van der Waals surface area contributed by atoms with Crippen molar-refractivity contribution in [2.45, 2.75) is 13.5 Å². The second-order valence-electron chi connectivity index (χ2n) is 6.69. The molecule has 3 aromatic carbocycles. The number of carbonyl (C=O) groups excluding carboxylic acids is 1. The van der Waals surface area contributed by atoms with Crippen LogP contribution in [-0.4, -0.2) is 12.5 Å². The molecule has 3 nitrogen and oxygen atoms in total. The van der Waals surface area contributed by atoms with Gasteiger partial charge in [0, 0.05) is 38.9 Å². The summed E-state index contributed by atoms with van der Waals surface area (Å²) in [5.41, 5.74) is 4.24. The highest BCUT2D eigenvalue weighted by atomic mass is 35.5. The summed E-state index contributed by atoms with van der Waals surface area (Å²) in [6.45, 7) is 2.91. The Balaban J connectivity index is 1.66. The Morgan fingerprint density at radius 2 is 1.76 bits per heavy atom. The molecule has 0 saturated heterocycles. The predicted octanol–water partition coefficient (Wildman–Crippen LogP) is 6.48. The second kappa shape index (κ2) is 8.32. The van der Waals surface area contributed by atoms with Crippen molar-refractivity contribution in [3.05, 3.63) is 93.5 Å². The van der Waals surface area contributed by atoms with Gasteiger partial charge in [-0.2, -0.15) is 0 Å². The van der Waals surface area contributed by atoms with Crippen LogP contribution >= 0.6 is 23.2 Å². The van der Waals surface area contributed by atoms with Crippen molar-refractivity contribution in [3.63, 3.8) is 0 Å². The summed E-state index contributed by atoms with van der Waals surface area (Å²) in [6.07, 6.45) is 1.90. The lowest BCUT2D eigenvalue weighted by Crippen LogP contribution is -2.25. The summed E-state index contributed by atoms with van der Waals surface area (Å²) in [4.78, 5) is 14.7. The van der Waals surface area contributed by atoms with Gasteiger partial charge in [-0.3, -0.25) is 4.79 Å². The molecule has 0 saturated carbocycles. The average molecular weight is 424 g/mol. The van der Waals surface area contributed by atoms with Crippen LogP contribution in [0, 0.1) is 0 Å². The molecule has 1 heterocycles. The third-order valence-corrected chi connectivity index (χ3v) is 5.48. The molecule has 0 spiro atoms. The zero-order valence-corrected chi connectivity index (χ0v) is 17.4. The van der Waals surface area contributed by atoms with E-state index in [1.807, 2.05) is 67.6 Å². The summed E-state index contributed by atoms with van der Waals surface area (Å²) >= 11 is 12.2. The number of nitrogens with zero attached hydrogens (tertiary/aromatic N) is 1. The molecule has 0 fully saturated rings. The Labute approximate surface area is 180 Å². The van der Waals surface area contributed by atoms with E-state index in [4.69, 9.17) is 27.9 Å². The molecule has 1 aliphatic rings. The van der Waals surface area contributed by atoms with Crippen LogP contribution in [0.1, 0.15) is 23.6 Å². The number of hydrogen-bond acceptors (Lipinski definition) is 2. The molecular weight excluding hydrogens is 405 g/mol. The molecule has 0 radical (unpaired) electrons. The van der Waals surface area contributed by atoms with E-state index in [0.717, 1.165) is 22.4 Å². The SMILES string of the molecule is CCN1C(=O)/C(=C\c2ccccc2OCc2ccc(Cl)cc2Cl)c2ccccc21. The highest BCUT2D eigenvalue weighted by molar-refractivity contribution is 6.36. The molecule has 4 rings (SSSR count). The highest BCUT2D eigenvalue weighted by Gasteiger charge is 2.30. The number of likely N-dealkylation sites (N-methyl/N-ethyl adjacent to an activating group) is 1. The Kier molecular flexibility index (Phi) is 5.61. The quantitative estimate of drug-likeness (QED) is 0.439. The maximum absolute atomic E-state index is 13.0. The molecule has 1 amide bonds. The second-order valence-corrected chi connectivity index (χ2v) is 7.53. The first-order valence-electron chi connectivity index (χ1n) is 9.37. The third-order valence-electron chi connectivity index (χ3n) is 4.89. The molecule has 146 valence electrons. The van der Waals surface area contributed by atoms with E-state index in [9.17, 15) is 4.79 Å². The van der Waals surface area contributed by atoms with Crippen LogP contribution in [0.25, 0.3) is 11.6 Å². The molecule has 1 aliphatic heterocycles. The summed E-state index contributed by atoms with van der Waals surface area (Å²) in [5.74, 6) is 0.690. The zero-order chi connectivity index (χ0) is 20.4. The van der Waals surface area contributed by atoms with E-state index in [1.165, 1.54) is 0 Å². The van der Waals surface area contributed by atoms with Gasteiger partial charge in [0.1, 0.15) is 12.4 Å². The van der Waals surface area contributed by atoms with Crippen molar-refractivity contribution < 1.29 is 9.53 Å². The summed E-state index contributed by atoms with van der Waals surface area (Å²) in [6, 6.07) is 20.8. The van der Waals surface area contributed by atoms with E-state index in [2.05, 4.69) is 0 Å². The molecule has 0 N–H and O–H groups in total. The van der Waals surface area contributed by atoms with Crippen molar-refractivity contribution in [2.24, 2.45) is 0 Å². The number of para-hydroxylation sites is 2. The van der Waals surface area contributed by atoms with Gasteiger partial charge in [0.05, 0.1) is 5.69 Å². The Morgan fingerprint density at radius 3 is 2.55 bits per heavy atom. The largest absolute Gasteiger partial charge is 0.488 e. The van der Waals surface area contributed by atoms with Crippen molar-refractivity contribution in [1.29, 1.82) is 0 Å². The van der Waals surface area contributed by atoms with E-state index in [1.54, 1.807) is 17.0 Å². The predicted molar refractivity (Wildman–Crippen MR) is 120 cm³/mol. The Morgan fingerprint density at radius 1 is 1.00 bits per heavy atom. The molecule has 0 bridgehead atoms. The van der Waals surface area contributed by atoms with Crippen LogP contribution in [0.15, 0.2) is 66.7 Å². The van der Waals surface area contributed by atoms with Gasteiger partial charge in [-0.25, -0.2) is 0 Å². The van der Waals surface area contributed by atoms with Crippen LogP contribution in [0.2, 0.25) is 10.0 Å². The lowest BCUT2D eigenvalue weighted by molar-refractivity contribution is -0.112. The molecule has 0 atom stereocenters. The van der Waals surface area contributed by atoms with E-state index >= 15 is 0 Å². The first-order chi connectivity index (χ1) is 14.1. The number of fused-ring (bicyclic) bond motifs is 1. The minimum atomic E-state index is 0.00393. The van der Waals surface area contributed by atoms with Crippen molar-refractivity contribution >= 4 is 46.4 Å². The standard InChI is InChI=1S/C24H19Cl2NO2/c1-2-27-22-9-5-4-8-19(22)20(24(27)28)13-16-7-3-6-10-23(16)29-15-17-11-12-18(25)14-21(17)26/h3-14H,2,15H2,1H3/b20-13-. The van der Waals surface area contributed by atoms with E-state index in [0.29, 0.717) is 34.5 Å². The van der Waals surface area contributed by atoms with Gasteiger partial charge in [-0.05, 0) is 37.3 Å². The van der Waals surface area contributed by atoms with Crippen LogP contribution in [0.5, 0.6) is 5.75 Å². The number of anilines is 1. The van der Waals surface area contributed by atoms with Crippen molar-refractivity contribution in [3.8, 4) is 5.75 Å². The minimum Gasteiger partial charge on any atom is -0.488 e. The fourth-order valence-corrected chi connectivity index (χ4v) is 3.90. The van der Waals surface area contributed by atoms with Gasteiger partial charge in [-0.15, -0.1) is 0 Å². The molecule has 29 heavy (non-hydrogen) atoms. The first-order valence-corrected chi connectivity index (χ1v) is 10.1. The van der Waals surface area contributed by atoms with Gasteiger partial charge in [-0.1, -0.05) is 65.7 Å². The topological polar surface area (TPSA) is 29.5 Å². The molecule has 0 aromatic heterocycles. The number of hydrogen-bond donors (Lipinski definition) is 0. The molecular formula is C24H19Cl2NO2. The third kappa shape index (κ3) is 3.89. The molecule has 3 aromatic rings. The summed E-state index contributed by atoms with van der Waals surface area (Å²) in [5, 5.41) is 1.15. The van der Waals surface area contributed by atoms with Crippen molar-refractivity contribution in [1.82, 2.24) is 0 Å². The monoisotopic (exact) mass is 423 g/mol. The average Bonchev–Trinajstić information content (AvgIpc) is 2.99. The van der Waals surface area contributed by atoms with Crippen LogP contribution < -0.4 is 9.64 Å². The fraction of sp³-hybridized carbons (Fsp3) is 0.125. The summed E-state index contributed by atoms with van der Waals surface area (Å²) < 4.78 is 6.03.